The Bertz CT molecular complexity index is 478. The Hall–Kier alpha value is -0.980. The third-order valence-corrected chi connectivity index (χ3v) is 2.69. The van der Waals surface area contributed by atoms with Gasteiger partial charge in [0.1, 0.15) is 0 Å². The van der Waals surface area contributed by atoms with E-state index in [1.54, 1.807) is 0 Å². The smallest absolute Gasteiger partial charge is 0.321 e. The maximum absolute atomic E-state index is 11.6. The van der Waals surface area contributed by atoms with Crippen molar-refractivity contribution in [2.45, 2.75) is 6.29 Å². The average molecular weight is 328 g/mol. The lowest BCUT2D eigenvalue weighted by molar-refractivity contribution is -0.135. The topological polar surface area (TPSA) is 122 Å². The zero-order chi connectivity index (χ0) is 14.4. The van der Waals surface area contributed by atoms with Crippen LogP contribution in [-0.4, -0.2) is 22.0 Å². The summed E-state index contributed by atoms with van der Waals surface area (Å²) in [5, 5.41) is 2.70. The summed E-state index contributed by atoms with van der Waals surface area (Å²) in [4.78, 5) is 28.6. The van der Waals surface area contributed by atoms with Crippen molar-refractivity contribution in [3.63, 3.8) is 0 Å². The summed E-state index contributed by atoms with van der Waals surface area (Å²) < 4.78 is 29.3. The molecule has 2 unspecified atom stereocenters. The van der Waals surface area contributed by atoms with Crippen molar-refractivity contribution in [1.29, 1.82) is 0 Å². The summed E-state index contributed by atoms with van der Waals surface area (Å²) in [5.74, 6) is -1.02. The van der Waals surface area contributed by atoms with E-state index in [0.717, 1.165) is 0 Å². The van der Waals surface area contributed by atoms with Crippen molar-refractivity contribution in [2.24, 2.45) is 0 Å². The lowest BCUT2D eigenvalue weighted by Crippen LogP contribution is -2.29. The molecule has 11 heteroatoms. The van der Waals surface area contributed by atoms with Crippen LogP contribution in [-0.2, 0) is 23.0 Å². The van der Waals surface area contributed by atoms with Gasteiger partial charge in [0, 0.05) is 19.8 Å². The monoisotopic (exact) mass is 327 g/mol. The molecule has 3 N–H and O–H groups in total. The van der Waals surface area contributed by atoms with Gasteiger partial charge in [0.25, 0.3) is 5.91 Å². The van der Waals surface area contributed by atoms with Crippen LogP contribution in [0.15, 0.2) is 24.3 Å². The number of anilines is 1. The number of hydrogen-bond donors (Lipinski definition) is 3. The van der Waals surface area contributed by atoms with E-state index in [0.29, 0.717) is 10.7 Å². The molecule has 1 amide bonds. The molecule has 102 valence electrons. The molecule has 2 atom stereocenters. The normalized spacial score (nSPS) is 13.6. The molecular weight excluding hydrogens is 319 g/mol. The van der Waals surface area contributed by atoms with Gasteiger partial charge in [-0.2, -0.15) is 0 Å². The van der Waals surface area contributed by atoms with Crippen molar-refractivity contribution >= 4 is 39.7 Å². The molecule has 1 rings (SSSR count). The second-order valence-electron chi connectivity index (χ2n) is 3.01. The van der Waals surface area contributed by atoms with Crippen LogP contribution in [0.2, 0.25) is 5.02 Å². The van der Waals surface area contributed by atoms with Crippen molar-refractivity contribution in [3.8, 4) is 0 Å². The zero-order valence-corrected chi connectivity index (χ0v) is 11.6. The van der Waals surface area contributed by atoms with Gasteiger partial charge in [-0.25, -0.2) is 0 Å². The van der Waals surface area contributed by atoms with Crippen molar-refractivity contribution in [3.05, 3.63) is 29.3 Å². The second-order valence-corrected chi connectivity index (χ2v) is 4.82. The van der Waals surface area contributed by atoms with Crippen molar-refractivity contribution in [1.82, 2.24) is 0 Å². The molecular formula is C8H8ClNO7P2+2. The van der Waals surface area contributed by atoms with Gasteiger partial charge < -0.3 is 5.32 Å². The number of carbonyl (C=O) groups excluding carboxylic acids is 1. The number of amides is 1. The molecule has 0 radical (unpaired) electrons. The maximum Gasteiger partial charge on any atom is 0.698 e. The fourth-order valence-electron chi connectivity index (χ4n) is 1.01. The molecule has 0 saturated heterocycles. The minimum atomic E-state index is -3.18. The molecule has 8 nitrogen and oxygen atoms in total. The second kappa shape index (κ2) is 7.57. The van der Waals surface area contributed by atoms with E-state index < -0.39 is 28.7 Å². The highest BCUT2D eigenvalue weighted by Crippen LogP contribution is 2.27. The first-order chi connectivity index (χ1) is 8.88. The van der Waals surface area contributed by atoms with E-state index in [1.165, 1.54) is 24.3 Å². The molecule has 0 aliphatic carbocycles. The predicted molar refractivity (Wildman–Crippen MR) is 65.7 cm³/mol. The van der Waals surface area contributed by atoms with Gasteiger partial charge in [0.15, 0.2) is 0 Å². The first-order valence-electron chi connectivity index (χ1n) is 4.60. The molecule has 0 aromatic heterocycles. The summed E-state index contributed by atoms with van der Waals surface area (Å²) in [6.45, 7) is 0. The Morgan fingerprint density at radius 3 is 2.05 bits per heavy atom. The molecule has 0 aliphatic heterocycles. The van der Waals surface area contributed by atoms with Crippen LogP contribution in [0.4, 0.5) is 5.69 Å². The standard InChI is InChI=1S/C8H6ClNO7P2/c9-5-1-3-6(4-2-5)10-7(11)8(16-18(12)13)17-19(14)15/h1-4,8H,(H-2,10,11,12,13,14,15)/p+2. The van der Waals surface area contributed by atoms with Crippen LogP contribution in [0.3, 0.4) is 0 Å². The van der Waals surface area contributed by atoms with E-state index in [9.17, 15) is 13.9 Å². The quantitative estimate of drug-likeness (QED) is 0.539. The fourth-order valence-corrected chi connectivity index (χ4v) is 1.81. The van der Waals surface area contributed by atoms with Gasteiger partial charge in [0.05, 0.1) is 0 Å². The van der Waals surface area contributed by atoms with Gasteiger partial charge in [-0.05, 0) is 24.3 Å². The van der Waals surface area contributed by atoms with E-state index in [1.807, 2.05) is 0 Å². The Morgan fingerprint density at radius 1 is 1.16 bits per heavy atom. The third-order valence-electron chi connectivity index (χ3n) is 1.70. The number of rotatable bonds is 6. The molecule has 0 spiro atoms. The molecule has 1 aromatic carbocycles. The van der Waals surface area contributed by atoms with Gasteiger partial charge in [-0.15, -0.1) is 9.79 Å². The van der Waals surface area contributed by atoms with Gasteiger partial charge in [-0.3, -0.25) is 4.79 Å². The number of halogens is 1. The van der Waals surface area contributed by atoms with Crippen LogP contribution in [0.25, 0.3) is 0 Å². The van der Waals surface area contributed by atoms with Crippen LogP contribution in [0.1, 0.15) is 0 Å². The molecule has 0 heterocycles. The molecule has 0 aliphatic rings. The first kappa shape index (κ1) is 16.1. The number of nitrogens with one attached hydrogen (secondary N) is 1. The lowest BCUT2D eigenvalue weighted by Gasteiger charge is -2.06. The summed E-state index contributed by atoms with van der Waals surface area (Å²) >= 11 is 5.64. The van der Waals surface area contributed by atoms with Gasteiger partial charge in [0.2, 0.25) is 0 Å². The lowest BCUT2D eigenvalue weighted by atomic mass is 10.3. The Balaban J connectivity index is 2.73. The minimum absolute atomic E-state index is 0.299. The highest BCUT2D eigenvalue weighted by atomic mass is 35.5. The fraction of sp³-hybridized carbons (Fsp3) is 0.125. The maximum atomic E-state index is 11.6. The van der Waals surface area contributed by atoms with Crippen molar-refractivity contribution in [2.75, 3.05) is 5.32 Å². The minimum Gasteiger partial charge on any atom is -0.321 e. The van der Waals surface area contributed by atoms with Crippen LogP contribution in [0.5, 0.6) is 0 Å². The van der Waals surface area contributed by atoms with Crippen LogP contribution >= 0.6 is 28.1 Å². The van der Waals surface area contributed by atoms with E-state index in [-0.39, 0.29) is 0 Å². The number of benzene rings is 1. The van der Waals surface area contributed by atoms with E-state index in [2.05, 4.69) is 14.4 Å². The van der Waals surface area contributed by atoms with Gasteiger partial charge in [-0.1, -0.05) is 20.6 Å². The van der Waals surface area contributed by atoms with Crippen molar-refractivity contribution < 1.29 is 32.8 Å². The highest BCUT2D eigenvalue weighted by molar-refractivity contribution is 7.33. The summed E-state index contributed by atoms with van der Waals surface area (Å²) in [6.07, 6.45) is -1.99. The molecule has 19 heavy (non-hydrogen) atoms. The molecule has 0 bridgehead atoms. The Labute approximate surface area is 114 Å². The molecule has 1 aromatic rings. The van der Waals surface area contributed by atoms with Gasteiger partial charge >= 0.3 is 22.8 Å². The van der Waals surface area contributed by atoms with Crippen LogP contribution < -0.4 is 5.32 Å². The largest absolute Gasteiger partial charge is 0.698 e. The predicted octanol–water partition coefficient (Wildman–Crippen LogP) is 1.94. The van der Waals surface area contributed by atoms with Crippen LogP contribution in [0, 0.1) is 0 Å². The Kier molecular flexibility index (Phi) is 6.41. The van der Waals surface area contributed by atoms with E-state index in [4.69, 9.17) is 21.4 Å². The molecule has 0 fully saturated rings. The highest BCUT2D eigenvalue weighted by Gasteiger charge is 2.38. The first-order valence-corrected chi connectivity index (χ1v) is 7.24. The third kappa shape index (κ3) is 6.13. The Morgan fingerprint density at radius 2 is 1.63 bits per heavy atom. The number of hydrogen-bond acceptors (Lipinski definition) is 5. The summed E-state index contributed by atoms with van der Waals surface area (Å²) in [6, 6.07) is 5.89. The number of carbonyl (C=O) groups is 1. The summed E-state index contributed by atoms with van der Waals surface area (Å²) in [5.41, 5.74) is 0.299. The average Bonchev–Trinajstić information content (AvgIpc) is 2.30. The van der Waals surface area contributed by atoms with E-state index >= 15 is 0 Å². The molecule has 0 saturated carbocycles. The SMILES string of the molecule is O=C(Nc1ccc(Cl)cc1)C(O[P+](=O)O)O[P+](=O)O. The summed E-state index contributed by atoms with van der Waals surface area (Å²) in [7, 11) is -6.36. The zero-order valence-electron chi connectivity index (χ0n) is 9.09.